The van der Waals surface area contributed by atoms with Crippen molar-refractivity contribution in [2.24, 2.45) is 5.41 Å². The number of nitrogens with one attached hydrogen (secondary N) is 1. The van der Waals surface area contributed by atoms with Crippen molar-refractivity contribution in [2.45, 2.75) is 71.6 Å². The maximum Gasteiger partial charge on any atom is -0.00466 e. The van der Waals surface area contributed by atoms with Crippen LogP contribution in [-0.2, 0) is 19.3 Å². The van der Waals surface area contributed by atoms with E-state index in [2.05, 4.69) is 44.4 Å². The van der Waals surface area contributed by atoms with Gasteiger partial charge < -0.3 is 5.32 Å². The predicted molar refractivity (Wildman–Crippen MR) is 93.0 cm³/mol. The quantitative estimate of drug-likeness (QED) is 0.716. The zero-order chi connectivity index (χ0) is 15.1. The van der Waals surface area contributed by atoms with Crippen LogP contribution in [-0.4, -0.2) is 13.6 Å². The Morgan fingerprint density at radius 2 is 1.76 bits per heavy atom. The molecular weight excluding hydrogens is 254 g/mol. The molecule has 0 unspecified atom stereocenters. The van der Waals surface area contributed by atoms with E-state index in [4.69, 9.17) is 0 Å². The zero-order valence-corrected chi connectivity index (χ0v) is 14.3. The standard InChI is InChI=1S/C20H33N/c1-4-17-8-9-18(5-2)19(16-17)10-13-20(14-15-21-3)11-6-7-12-20/h8-9,16,21H,4-7,10-15H2,1-3H3. The topological polar surface area (TPSA) is 12.0 Å². The van der Waals surface area contributed by atoms with Crippen molar-refractivity contribution in [1.29, 1.82) is 0 Å². The van der Waals surface area contributed by atoms with Gasteiger partial charge in [-0.1, -0.05) is 44.9 Å². The van der Waals surface area contributed by atoms with Crippen LogP contribution in [0.4, 0.5) is 0 Å². The first-order valence-corrected chi connectivity index (χ1v) is 8.98. The molecule has 118 valence electrons. The van der Waals surface area contributed by atoms with Gasteiger partial charge in [0.25, 0.3) is 0 Å². The van der Waals surface area contributed by atoms with E-state index in [1.165, 1.54) is 63.5 Å². The van der Waals surface area contributed by atoms with Gasteiger partial charge in [-0.15, -0.1) is 0 Å². The Bertz CT molecular complexity index is 429. The SMILES string of the molecule is CCc1ccc(CC)c(CCC2(CCNC)CCCC2)c1. The van der Waals surface area contributed by atoms with Crippen LogP contribution >= 0.6 is 0 Å². The highest BCUT2D eigenvalue weighted by Crippen LogP contribution is 2.44. The van der Waals surface area contributed by atoms with Gasteiger partial charge in [-0.25, -0.2) is 0 Å². The summed E-state index contributed by atoms with van der Waals surface area (Å²) in [6.07, 6.45) is 12.1. The molecular formula is C20H33N. The van der Waals surface area contributed by atoms with Crippen molar-refractivity contribution < 1.29 is 0 Å². The highest BCUT2D eigenvalue weighted by molar-refractivity contribution is 5.32. The van der Waals surface area contributed by atoms with Crippen molar-refractivity contribution in [3.63, 3.8) is 0 Å². The Kier molecular flexibility index (Phi) is 6.29. The van der Waals surface area contributed by atoms with Gasteiger partial charge in [0.05, 0.1) is 0 Å². The van der Waals surface area contributed by atoms with Crippen LogP contribution in [0, 0.1) is 5.41 Å². The Morgan fingerprint density at radius 1 is 1.00 bits per heavy atom. The molecule has 1 aromatic carbocycles. The van der Waals surface area contributed by atoms with E-state index in [0.717, 1.165) is 6.42 Å². The molecule has 1 aliphatic rings. The Morgan fingerprint density at radius 3 is 2.38 bits per heavy atom. The van der Waals surface area contributed by atoms with Crippen molar-refractivity contribution in [3.8, 4) is 0 Å². The molecule has 0 aliphatic heterocycles. The monoisotopic (exact) mass is 287 g/mol. The van der Waals surface area contributed by atoms with Crippen LogP contribution in [0.3, 0.4) is 0 Å². The molecule has 0 heterocycles. The summed E-state index contributed by atoms with van der Waals surface area (Å²) in [5.74, 6) is 0. The molecule has 1 aliphatic carbocycles. The molecule has 0 radical (unpaired) electrons. The molecule has 0 aromatic heterocycles. The predicted octanol–water partition coefficient (Wildman–Crippen LogP) is 4.91. The highest BCUT2D eigenvalue weighted by Gasteiger charge is 2.32. The van der Waals surface area contributed by atoms with Gasteiger partial charge in [0.15, 0.2) is 0 Å². The number of aryl methyl sites for hydroxylation is 3. The molecule has 1 fully saturated rings. The van der Waals surface area contributed by atoms with Gasteiger partial charge >= 0.3 is 0 Å². The molecule has 0 spiro atoms. The summed E-state index contributed by atoms with van der Waals surface area (Å²) in [4.78, 5) is 0. The van der Waals surface area contributed by atoms with E-state index in [1.807, 2.05) is 0 Å². The van der Waals surface area contributed by atoms with Crippen molar-refractivity contribution in [2.75, 3.05) is 13.6 Å². The average molecular weight is 287 g/mol. The van der Waals surface area contributed by atoms with Gasteiger partial charge in [-0.05, 0) is 80.6 Å². The fourth-order valence-corrected chi connectivity index (χ4v) is 4.02. The van der Waals surface area contributed by atoms with Crippen LogP contribution < -0.4 is 5.32 Å². The molecule has 1 nitrogen and oxygen atoms in total. The molecule has 1 N–H and O–H groups in total. The summed E-state index contributed by atoms with van der Waals surface area (Å²) in [5, 5.41) is 3.36. The first-order valence-electron chi connectivity index (χ1n) is 8.98. The minimum atomic E-state index is 0.621. The van der Waals surface area contributed by atoms with Crippen LogP contribution in [0.2, 0.25) is 0 Å². The van der Waals surface area contributed by atoms with Crippen molar-refractivity contribution in [1.82, 2.24) is 5.32 Å². The van der Waals surface area contributed by atoms with Gasteiger partial charge in [-0.3, -0.25) is 0 Å². The second kappa shape index (κ2) is 7.98. The number of rotatable bonds is 8. The minimum absolute atomic E-state index is 0.621. The molecule has 0 amide bonds. The summed E-state index contributed by atoms with van der Waals surface area (Å²) >= 11 is 0. The molecule has 1 saturated carbocycles. The smallest absolute Gasteiger partial charge is 0.00466 e. The van der Waals surface area contributed by atoms with E-state index in [9.17, 15) is 0 Å². The molecule has 0 atom stereocenters. The van der Waals surface area contributed by atoms with Gasteiger partial charge in [0, 0.05) is 0 Å². The highest BCUT2D eigenvalue weighted by atomic mass is 14.8. The minimum Gasteiger partial charge on any atom is -0.320 e. The normalized spacial score (nSPS) is 17.3. The lowest BCUT2D eigenvalue weighted by Crippen LogP contribution is -2.23. The molecule has 2 rings (SSSR count). The molecule has 1 aromatic rings. The lowest BCUT2D eigenvalue weighted by atomic mass is 9.77. The number of hydrogen-bond acceptors (Lipinski definition) is 1. The van der Waals surface area contributed by atoms with Crippen molar-refractivity contribution >= 4 is 0 Å². The Labute approximate surface area is 131 Å². The number of hydrogen-bond donors (Lipinski definition) is 1. The third-order valence-corrected chi connectivity index (χ3v) is 5.55. The second-order valence-electron chi connectivity index (χ2n) is 6.87. The van der Waals surface area contributed by atoms with Gasteiger partial charge in [0.1, 0.15) is 0 Å². The summed E-state index contributed by atoms with van der Waals surface area (Å²) < 4.78 is 0. The second-order valence-corrected chi connectivity index (χ2v) is 6.87. The molecule has 0 bridgehead atoms. The lowest BCUT2D eigenvalue weighted by Gasteiger charge is -2.29. The maximum atomic E-state index is 3.36. The Balaban J connectivity index is 2.06. The van der Waals surface area contributed by atoms with Crippen molar-refractivity contribution in [3.05, 3.63) is 34.9 Å². The van der Waals surface area contributed by atoms with E-state index < -0.39 is 0 Å². The van der Waals surface area contributed by atoms with E-state index in [-0.39, 0.29) is 0 Å². The van der Waals surface area contributed by atoms with Crippen LogP contribution in [0.5, 0.6) is 0 Å². The summed E-state index contributed by atoms with van der Waals surface area (Å²) in [6.45, 7) is 5.72. The van der Waals surface area contributed by atoms with Gasteiger partial charge in [-0.2, -0.15) is 0 Å². The Hall–Kier alpha value is -0.820. The summed E-state index contributed by atoms with van der Waals surface area (Å²) in [7, 11) is 2.09. The van der Waals surface area contributed by atoms with Gasteiger partial charge in [0.2, 0.25) is 0 Å². The third kappa shape index (κ3) is 4.32. The molecule has 0 saturated heterocycles. The molecule has 21 heavy (non-hydrogen) atoms. The fraction of sp³-hybridized carbons (Fsp3) is 0.700. The first-order chi connectivity index (χ1) is 10.2. The van der Waals surface area contributed by atoms with Crippen LogP contribution in [0.25, 0.3) is 0 Å². The molecule has 1 heteroatoms. The first kappa shape index (κ1) is 16.5. The van der Waals surface area contributed by atoms with Crippen LogP contribution in [0.15, 0.2) is 18.2 Å². The average Bonchev–Trinajstić information content (AvgIpc) is 3.00. The van der Waals surface area contributed by atoms with Crippen LogP contribution in [0.1, 0.15) is 69.1 Å². The summed E-state index contributed by atoms with van der Waals surface area (Å²) in [6, 6.07) is 7.15. The van der Waals surface area contributed by atoms with E-state index in [0.29, 0.717) is 5.41 Å². The lowest BCUT2D eigenvalue weighted by molar-refractivity contribution is 0.247. The maximum absolute atomic E-state index is 3.36. The fourth-order valence-electron chi connectivity index (χ4n) is 4.02. The number of benzene rings is 1. The largest absolute Gasteiger partial charge is 0.320 e. The van der Waals surface area contributed by atoms with E-state index in [1.54, 1.807) is 11.1 Å². The summed E-state index contributed by atoms with van der Waals surface area (Å²) in [5.41, 5.74) is 5.30. The van der Waals surface area contributed by atoms with E-state index >= 15 is 0 Å². The zero-order valence-electron chi connectivity index (χ0n) is 14.3. The third-order valence-electron chi connectivity index (χ3n) is 5.55.